The molecule has 0 aliphatic heterocycles. The number of nitrogens with one attached hydrogen (secondary N) is 2. The number of rotatable bonds is 9. The first-order chi connectivity index (χ1) is 15.4. The summed E-state index contributed by atoms with van der Waals surface area (Å²) in [5.74, 6) is -0.110. The third-order valence-corrected chi connectivity index (χ3v) is 6.28. The molecule has 0 spiro atoms. The molecule has 168 valence electrons. The third kappa shape index (κ3) is 6.10. The van der Waals surface area contributed by atoms with Gasteiger partial charge in [-0.25, -0.2) is 4.39 Å². The van der Waals surface area contributed by atoms with Gasteiger partial charge in [0.15, 0.2) is 11.0 Å². The summed E-state index contributed by atoms with van der Waals surface area (Å²) in [4.78, 5) is 25.9. The van der Waals surface area contributed by atoms with E-state index in [2.05, 4.69) is 20.8 Å². The zero-order valence-electron chi connectivity index (χ0n) is 18.0. The van der Waals surface area contributed by atoms with E-state index in [0.29, 0.717) is 23.1 Å². The monoisotopic (exact) mass is 473 g/mol. The summed E-state index contributed by atoms with van der Waals surface area (Å²) < 4.78 is 14.9. The highest BCUT2D eigenvalue weighted by Gasteiger charge is 2.20. The SMILES string of the molecule is CCn1c(SCC(=O)Nc2cccc(SC)c2)nnc1[C@H](C)NC(=O)c1ccc(F)cc1. The Morgan fingerprint density at radius 3 is 2.59 bits per heavy atom. The van der Waals surface area contributed by atoms with Crippen molar-refractivity contribution in [2.45, 2.75) is 36.5 Å². The number of aromatic nitrogens is 3. The maximum absolute atomic E-state index is 13.1. The standard InChI is InChI=1S/C22H24FN5O2S2/c1-4-28-20(14(2)24-21(30)15-8-10-16(23)11-9-15)26-27-22(28)32-13-19(29)25-17-6-5-7-18(12-17)31-3/h5-12,14H,4,13H2,1-3H3,(H,24,30)(H,25,29)/t14-/m0/s1. The Labute approximate surface area is 194 Å². The van der Waals surface area contributed by atoms with Crippen LogP contribution >= 0.6 is 23.5 Å². The van der Waals surface area contributed by atoms with E-state index in [4.69, 9.17) is 0 Å². The molecule has 1 atom stereocenters. The molecule has 0 unspecified atom stereocenters. The summed E-state index contributed by atoms with van der Waals surface area (Å²) in [7, 11) is 0. The van der Waals surface area contributed by atoms with Crippen molar-refractivity contribution in [3.05, 3.63) is 65.7 Å². The minimum atomic E-state index is -0.419. The lowest BCUT2D eigenvalue weighted by molar-refractivity contribution is -0.113. The molecule has 3 aromatic rings. The average Bonchev–Trinajstić information content (AvgIpc) is 3.21. The van der Waals surface area contributed by atoms with Gasteiger partial charge < -0.3 is 15.2 Å². The Balaban J connectivity index is 1.61. The Bertz CT molecular complexity index is 1090. The summed E-state index contributed by atoms with van der Waals surface area (Å²) in [6.45, 7) is 4.33. The second-order valence-corrected chi connectivity index (χ2v) is 8.68. The fourth-order valence-electron chi connectivity index (χ4n) is 3.00. The van der Waals surface area contributed by atoms with Gasteiger partial charge in [0.1, 0.15) is 5.82 Å². The molecule has 0 saturated carbocycles. The van der Waals surface area contributed by atoms with E-state index in [-0.39, 0.29) is 17.6 Å². The van der Waals surface area contributed by atoms with Crippen molar-refractivity contribution in [2.75, 3.05) is 17.3 Å². The Hall–Kier alpha value is -2.85. The molecule has 32 heavy (non-hydrogen) atoms. The van der Waals surface area contributed by atoms with E-state index >= 15 is 0 Å². The van der Waals surface area contributed by atoms with Crippen LogP contribution < -0.4 is 10.6 Å². The second kappa shape index (κ2) is 11.1. The zero-order valence-corrected chi connectivity index (χ0v) is 19.6. The summed E-state index contributed by atoms with van der Waals surface area (Å²) >= 11 is 2.89. The maximum Gasteiger partial charge on any atom is 0.251 e. The molecule has 2 aromatic carbocycles. The number of hydrogen-bond donors (Lipinski definition) is 2. The number of thioether (sulfide) groups is 2. The van der Waals surface area contributed by atoms with E-state index in [1.165, 1.54) is 36.0 Å². The van der Waals surface area contributed by atoms with Crippen molar-refractivity contribution in [1.29, 1.82) is 0 Å². The maximum atomic E-state index is 13.1. The van der Waals surface area contributed by atoms with Crippen LogP contribution in [0.5, 0.6) is 0 Å². The van der Waals surface area contributed by atoms with Crippen molar-refractivity contribution < 1.29 is 14.0 Å². The van der Waals surface area contributed by atoms with Gasteiger partial charge in [-0.15, -0.1) is 22.0 Å². The van der Waals surface area contributed by atoms with Gasteiger partial charge in [-0.2, -0.15) is 0 Å². The molecular weight excluding hydrogens is 449 g/mol. The molecule has 2 amide bonds. The van der Waals surface area contributed by atoms with E-state index in [9.17, 15) is 14.0 Å². The molecular formula is C22H24FN5O2S2. The molecule has 0 aliphatic carbocycles. The van der Waals surface area contributed by atoms with Gasteiger partial charge in [0.05, 0.1) is 11.8 Å². The van der Waals surface area contributed by atoms with E-state index in [1.807, 2.05) is 42.0 Å². The smallest absolute Gasteiger partial charge is 0.251 e. The summed E-state index contributed by atoms with van der Waals surface area (Å²) in [5, 5.41) is 14.7. The quantitative estimate of drug-likeness (QED) is 0.449. The van der Waals surface area contributed by atoms with Crippen LogP contribution in [0.4, 0.5) is 10.1 Å². The van der Waals surface area contributed by atoms with Gasteiger partial charge in [-0.1, -0.05) is 17.8 Å². The van der Waals surface area contributed by atoms with Crippen LogP contribution in [-0.2, 0) is 11.3 Å². The first kappa shape index (κ1) is 23.8. The van der Waals surface area contributed by atoms with Gasteiger partial charge >= 0.3 is 0 Å². The lowest BCUT2D eigenvalue weighted by Gasteiger charge is -2.15. The minimum absolute atomic E-state index is 0.141. The number of halogens is 1. The van der Waals surface area contributed by atoms with Gasteiger partial charge in [0, 0.05) is 22.7 Å². The minimum Gasteiger partial charge on any atom is -0.342 e. The van der Waals surface area contributed by atoms with Gasteiger partial charge in [0.2, 0.25) is 5.91 Å². The van der Waals surface area contributed by atoms with E-state index < -0.39 is 11.9 Å². The van der Waals surface area contributed by atoms with Crippen molar-refractivity contribution in [3.63, 3.8) is 0 Å². The first-order valence-electron chi connectivity index (χ1n) is 9.97. The van der Waals surface area contributed by atoms with Crippen molar-refractivity contribution >= 4 is 41.0 Å². The Morgan fingerprint density at radius 1 is 1.16 bits per heavy atom. The molecule has 0 saturated heterocycles. The van der Waals surface area contributed by atoms with Crippen LogP contribution in [-0.4, -0.2) is 38.6 Å². The highest BCUT2D eigenvalue weighted by molar-refractivity contribution is 7.99. The topological polar surface area (TPSA) is 88.9 Å². The Morgan fingerprint density at radius 2 is 1.91 bits per heavy atom. The molecule has 10 heteroatoms. The summed E-state index contributed by atoms with van der Waals surface area (Å²) in [6.07, 6.45) is 1.98. The van der Waals surface area contributed by atoms with Crippen LogP contribution in [0.2, 0.25) is 0 Å². The average molecular weight is 474 g/mol. The predicted molar refractivity (Wildman–Crippen MR) is 126 cm³/mol. The summed E-state index contributed by atoms with van der Waals surface area (Å²) in [5.41, 5.74) is 1.11. The van der Waals surface area contributed by atoms with Crippen LogP contribution in [0, 0.1) is 5.82 Å². The number of nitrogens with zero attached hydrogens (tertiary/aromatic N) is 3. The highest BCUT2D eigenvalue weighted by atomic mass is 32.2. The largest absolute Gasteiger partial charge is 0.342 e. The van der Waals surface area contributed by atoms with E-state index in [1.54, 1.807) is 18.7 Å². The fraction of sp³-hybridized carbons (Fsp3) is 0.273. The molecule has 7 nitrogen and oxygen atoms in total. The second-order valence-electron chi connectivity index (χ2n) is 6.86. The zero-order chi connectivity index (χ0) is 23.1. The van der Waals surface area contributed by atoms with Crippen LogP contribution in [0.25, 0.3) is 0 Å². The third-order valence-electron chi connectivity index (χ3n) is 4.59. The number of benzene rings is 2. The normalized spacial score (nSPS) is 11.8. The van der Waals surface area contributed by atoms with Crippen LogP contribution in [0.15, 0.2) is 58.6 Å². The fourth-order valence-corrected chi connectivity index (χ4v) is 4.27. The Kier molecular flexibility index (Phi) is 8.29. The van der Waals surface area contributed by atoms with Gasteiger partial charge in [-0.3, -0.25) is 9.59 Å². The van der Waals surface area contributed by atoms with Crippen LogP contribution in [0.3, 0.4) is 0 Å². The van der Waals surface area contributed by atoms with Crippen molar-refractivity contribution in [3.8, 4) is 0 Å². The lowest BCUT2D eigenvalue weighted by atomic mass is 10.2. The molecule has 1 aromatic heterocycles. The number of carbonyl (C=O) groups excluding carboxylic acids is 2. The molecule has 0 bridgehead atoms. The molecule has 0 radical (unpaired) electrons. The number of hydrogen-bond acceptors (Lipinski definition) is 6. The lowest BCUT2D eigenvalue weighted by Crippen LogP contribution is -2.28. The molecule has 2 N–H and O–H groups in total. The molecule has 3 rings (SSSR count). The predicted octanol–water partition coefficient (Wildman–Crippen LogP) is 4.38. The summed E-state index contributed by atoms with van der Waals surface area (Å²) in [6, 6.07) is 12.6. The first-order valence-corrected chi connectivity index (χ1v) is 12.2. The van der Waals surface area contributed by atoms with Crippen molar-refractivity contribution in [2.24, 2.45) is 0 Å². The van der Waals surface area contributed by atoms with Gasteiger partial charge in [0.25, 0.3) is 5.91 Å². The number of anilines is 1. The molecule has 0 fully saturated rings. The van der Waals surface area contributed by atoms with Crippen molar-refractivity contribution in [1.82, 2.24) is 20.1 Å². The highest BCUT2D eigenvalue weighted by Crippen LogP contribution is 2.22. The van der Waals surface area contributed by atoms with Crippen LogP contribution in [0.1, 0.15) is 36.1 Å². The van der Waals surface area contributed by atoms with E-state index in [0.717, 1.165) is 10.6 Å². The number of amides is 2. The molecule has 0 aliphatic rings. The number of carbonyl (C=O) groups is 2. The van der Waals surface area contributed by atoms with Gasteiger partial charge in [-0.05, 0) is 62.6 Å². The molecule has 1 heterocycles.